The zero-order valence-corrected chi connectivity index (χ0v) is 12.4. The molecule has 21 heavy (non-hydrogen) atoms. The number of sulfone groups is 1. The Morgan fingerprint density at radius 1 is 1.38 bits per heavy atom. The first-order valence-corrected chi connectivity index (χ1v) is 8.44. The molecular weight excluding hydrogens is 296 g/mol. The van der Waals surface area contributed by atoms with E-state index in [0.717, 1.165) is 31.4 Å². The lowest BCUT2D eigenvalue weighted by atomic mass is 10.0. The summed E-state index contributed by atoms with van der Waals surface area (Å²) in [6.07, 6.45) is 4.17. The molecule has 0 aromatic heterocycles. The van der Waals surface area contributed by atoms with Gasteiger partial charge in [-0.1, -0.05) is 0 Å². The Hall–Kier alpha value is -1.96. The monoisotopic (exact) mass is 312 g/mol. The fourth-order valence-corrected chi connectivity index (χ4v) is 3.16. The molecule has 8 heteroatoms. The molecule has 1 aromatic carbocycles. The molecule has 0 saturated carbocycles. The van der Waals surface area contributed by atoms with Gasteiger partial charge in [-0.25, -0.2) is 8.42 Å². The number of carbonyl (C=O) groups excluding carboxylic acids is 1. The molecule has 1 aromatic rings. The van der Waals surface area contributed by atoms with Crippen LogP contribution in [0.2, 0.25) is 0 Å². The Balaban J connectivity index is 2.52. The van der Waals surface area contributed by atoms with E-state index in [2.05, 4.69) is 0 Å². The number of aldehydes is 1. The van der Waals surface area contributed by atoms with Gasteiger partial charge in [-0.15, -0.1) is 0 Å². The summed E-state index contributed by atoms with van der Waals surface area (Å²) in [5.74, 6) is 0. The van der Waals surface area contributed by atoms with Gasteiger partial charge >= 0.3 is 0 Å². The Bertz CT molecular complexity index is 671. The van der Waals surface area contributed by atoms with Gasteiger partial charge in [0.25, 0.3) is 5.69 Å². The topological polar surface area (TPSA) is 97.6 Å². The van der Waals surface area contributed by atoms with Crippen LogP contribution in [-0.2, 0) is 14.6 Å². The number of nitro benzene ring substituents is 1. The number of carbonyl (C=O) groups is 1. The zero-order valence-electron chi connectivity index (χ0n) is 11.6. The fraction of sp³-hybridized carbons (Fsp3) is 0.462. The molecule has 0 spiro atoms. The van der Waals surface area contributed by atoms with Crippen LogP contribution in [0.4, 0.5) is 11.4 Å². The summed E-state index contributed by atoms with van der Waals surface area (Å²) in [5, 5.41) is 11.2. The van der Waals surface area contributed by atoms with Crippen molar-refractivity contribution in [3.63, 3.8) is 0 Å². The Morgan fingerprint density at radius 2 is 2.10 bits per heavy atom. The second kappa shape index (κ2) is 5.80. The van der Waals surface area contributed by atoms with Crippen LogP contribution in [0.25, 0.3) is 0 Å². The fourth-order valence-electron chi connectivity index (χ4n) is 2.52. The molecule has 7 nitrogen and oxygen atoms in total. The first-order chi connectivity index (χ1) is 9.84. The highest BCUT2D eigenvalue weighted by Crippen LogP contribution is 2.34. The second-order valence-electron chi connectivity index (χ2n) is 5.07. The van der Waals surface area contributed by atoms with Crippen LogP contribution in [0, 0.1) is 10.1 Å². The Morgan fingerprint density at radius 3 is 2.67 bits per heavy atom. The molecule has 0 amide bonds. The number of benzene rings is 1. The third-order valence-corrected chi connectivity index (χ3v) is 4.70. The lowest BCUT2D eigenvalue weighted by Crippen LogP contribution is -2.40. The van der Waals surface area contributed by atoms with Crippen LogP contribution in [0.3, 0.4) is 0 Å². The number of rotatable bonds is 4. The molecule has 1 fully saturated rings. The van der Waals surface area contributed by atoms with Gasteiger partial charge < -0.3 is 9.69 Å². The van der Waals surface area contributed by atoms with Crippen molar-refractivity contribution in [2.24, 2.45) is 0 Å². The standard InChI is InChI=1S/C13H16N2O5S/c1-21(19,20)11-5-6-12(13(8-11)15(17)18)14-7-3-2-4-10(14)9-16/h5-6,8-10H,2-4,7H2,1H3. The first-order valence-electron chi connectivity index (χ1n) is 6.55. The minimum Gasteiger partial charge on any atom is -0.356 e. The van der Waals surface area contributed by atoms with Gasteiger partial charge in [0.2, 0.25) is 0 Å². The molecule has 114 valence electrons. The summed E-state index contributed by atoms with van der Waals surface area (Å²) in [6, 6.07) is 3.41. The third kappa shape index (κ3) is 3.21. The predicted molar refractivity (Wildman–Crippen MR) is 77.3 cm³/mol. The van der Waals surface area contributed by atoms with Crippen molar-refractivity contribution in [3.05, 3.63) is 28.3 Å². The molecule has 1 atom stereocenters. The van der Waals surface area contributed by atoms with Crippen LogP contribution in [0.15, 0.2) is 23.1 Å². The number of nitrogens with zero attached hydrogens (tertiary/aromatic N) is 2. The lowest BCUT2D eigenvalue weighted by molar-refractivity contribution is -0.384. The molecule has 2 rings (SSSR count). The van der Waals surface area contributed by atoms with Crippen molar-refractivity contribution in [1.29, 1.82) is 0 Å². The molecule has 1 heterocycles. The van der Waals surface area contributed by atoms with Crippen LogP contribution in [-0.4, -0.2) is 38.5 Å². The summed E-state index contributed by atoms with van der Waals surface area (Å²) >= 11 is 0. The molecule has 0 N–H and O–H groups in total. The summed E-state index contributed by atoms with van der Waals surface area (Å²) in [5.41, 5.74) is 0.0101. The third-order valence-electron chi connectivity index (χ3n) is 3.59. The summed E-state index contributed by atoms with van der Waals surface area (Å²) < 4.78 is 23.0. The minimum absolute atomic E-state index is 0.0994. The van der Waals surface area contributed by atoms with Crippen LogP contribution < -0.4 is 4.90 Å². The Kier molecular flexibility index (Phi) is 4.26. The van der Waals surface area contributed by atoms with Crippen molar-refractivity contribution in [1.82, 2.24) is 0 Å². The molecular formula is C13H16N2O5S. The van der Waals surface area contributed by atoms with Crippen molar-refractivity contribution in [3.8, 4) is 0 Å². The summed E-state index contributed by atoms with van der Waals surface area (Å²) in [6.45, 7) is 0.544. The van der Waals surface area contributed by atoms with Gasteiger partial charge in [0.1, 0.15) is 12.0 Å². The van der Waals surface area contributed by atoms with Gasteiger partial charge in [0.05, 0.1) is 15.9 Å². The van der Waals surface area contributed by atoms with Crippen molar-refractivity contribution < 1.29 is 18.1 Å². The van der Waals surface area contributed by atoms with Crippen LogP contribution >= 0.6 is 0 Å². The van der Waals surface area contributed by atoms with Gasteiger partial charge in [-0.05, 0) is 31.4 Å². The summed E-state index contributed by atoms with van der Waals surface area (Å²) in [7, 11) is -3.52. The maximum absolute atomic E-state index is 11.5. The average Bonchev–Trinajstić information content (AvgIpc) is 2.45. The van der Waals surface area contributed by atoms with E-state index in [-0.39, 0.29) is 10.6 Å². The second-order valence-corrected chi connectivity index (χ2v) is 7.09. The highest BCUT2D eigenvalue weighted by molar-refractivity contribution is 7.90. The molecule has 1 aliphatic heterocycles. The number of hydrogen-bond acceptors (Lipinski definition) is 6. The van der Waals surface area contributed by atoms with E-state index in [0.29, 0.717) is 18.7 Å². The molecule has 1 unspecified atom stereocenters. The van der Waals surface area contributed by atoms with Crippen molar-refractivity contribution in [2.45, 2.75) is 30.2 Å². The van der Waals surface area contributed by atoms with Gasteiger partial charge in [0.15, 0.2) is 9.84 Å². The van der Waals surface area contributed by atoms with Gasteiger partial charge in [0, 0.05) is 18.9 Å². The highest BCUT2D eigenvalue weighted by atomic mass is 32.2. The van der Waals surface area contributed by atoms with Crippen molar-refractivity contribution in [2.75, 3.05) is 17.7 Å². The van der Waals surface area contributed by atoms with Gasteiger partial charge in [-0.2, -0.15) is 0 Å². The molecule has 1 aliphatic rings. The Labute approximate surface area is 122 Å². The van der Waals surface area contributed by atoms with E-state index in [9.17, 15) is 23.3 Å². The number of piperidine rings is 1. The largest absolute Gasteiger partial charge is 0.356 e. The highest BCUT2D eigenvalue weighted by Gasteiger charge is 2.28. The van der Waals surface area contributed by atoms with E-state index >= 15 is 0 Å². The molecule has 1 saturated heterocycles. The maximum Gasteiger partial charge on any atom is 0.293 e. The quantitative estimate of drug-likeness (QED) is 0.475. The number of anilines is 1. The normalized spacial score (nSPS) is 19.3. The maximum atomic E-state index is 11.5. The number of hydrogen-bond donors (Lipinski definition) is 0. The molecule has 0 aliphatic carbocycles. The SMILES string of the molecule is CS(=O)(=O)c1ccc(N2CCCCC2C=O)c([N+](=O)[O-])c1. The summed E-state index contributed by atoms with van der Waals surface area (Å²) in [4.78, 5) is 23.3. The molecule has 0 radical (unpaired) electrons. The van der Waals surface area contributed by atoms with E-state index in [1.807, 2.05) is 0 Å². The van der Waals surface area contributed by atoms with Crippen LogP contribution in [0.5, 0.6) is 0 Å². The van der Waals surface area contributed by atoms with E-state index in [1.165, 1.54) is 12.1 Å². The average molecular weight is 312 g/mol. The van der Waals surface area contributed by atoms with E-state index in [4.69, 9.17) is 0 Å². The van der Waals surface area contributed by atoms with E-state index < -0.39 is 20.8 Å². The smallest absolute Gasteiger partial charge is 0.293 e. The van der Waals surface area contributed by atoms with E-state index in [1.54, 1.807) is 4.90 Å². The van der Waals surface area contributed by atoms with Gasteiger partial charge in [-0.3, -0.25) is 10.1 Å². The van der Waals surface area contributed by atoms with Crippen molar-refractivity contribution >= 4 is 27.5 Å². The van der Waals surface area contributed by atoms with Crippen LogP contribution in [0.1, 0.15) is 19.3 Å². The zero-order chi connectivity index (χ0) is 15.6. The minimum atomic E-state index is -3.52. The predicted octanol–water partition coefficient (Wildman–Crippen LogP) is 1.56. The first kappa shape index (κ1) is 15.4. The number of nitro groups is 1. The molecule has 0 bridgehead atoms. The lowest BCUT2D eigenvalue weighted by Gasteiger charge is -2.33.